The summed E-state index contributed by atoms with van der Waals surface area (Å²) in [6.45, 7) is 4.15. The highest BCUT2D eigenvalue weighted by Gasteiger charge is 2.21. The lowest BCUT2D eigenvalue weighted by Gasteiger charge is -2.24. The summed E-state index contributed by atoms with van der Waals surface area (Å²) in [5.41, 5.74) is 4.71. The Bertz CT molecular complexity index is 1430. The predicted molar refractivity (Wildman–Crippen MR) is 137 cm³/mol. The zero-order valence-electron chi connectivity index (χ0n) is 18.6. The van der Waals surface area contributed by atoms with Crippen molar-refractivity contribution in [2.75, 3.05) is 5.32 Å². The Hall–Kier alpha value is -2.89. The van der Waals surface area contributed by atoms with E-state index in [4.69, 9.17) is 33.2 Å². The minimum absolute atomic E-state index is 0.134. The van der Waals surface area contributed by atoms with Crippen molar-refractivity contribution in [1.29, 1.82) is 0 Å². The largest absolute Gasteiger partial charge is 0.352 e. The van der Waals surface area contributed by atoms with Gasteiger partial charge in [-0.15, -0.1) is 0 Å². The van der Waals surface area contributed by atoms with Gasteiger partial charge in [0.05, 0.1) is 50.0 Å². The maximum atomic E-state index is 6.73. The van der Waals surface area contributed by atoms with E-state index in [0.717, 1.165) is 75.2 Å². The molecule has 0 atom stereocenters. The summed E-state index contributed by atoms with van der Waals surface area (Å²) in [4.78, 5) is 14.2. The smallest absolute Gasteiger partial charge is 0.0900 e. The van der Waals surface area contributed by atoms with Crippen molar-refractivity contribution in [1.82, 2.24) is 14.5 Å². The van der Waals surface area contributed by atoms with E-state index in [2.05, 4.69) is 53.0 Å². The van der Waals surface area contributed by atoms with Gasteiger partial charge in [-0.3, -0.25) is 9.98 Å². The number of fused-ring (bicyclic) bond motifs is 2. The van der Waals surface area contributed by atoms with E-state index in [1.54, 1.807) is 12.4 Å². The summed E-state index contributed by atoms with van der Waals surface area (Å²) >= 11 is 13.0. The molecule has 0 saturated heterocycles. The second-order valence-electron chi connectivity index (χ2n) is 8.54. The molecular formula is C26H25Cl2N5. The minimum Gasteiger partial charge on any atom is -0.352 e. The van der Waals surface area contributed by atoms with E-state index >= 15 is 0 Å². The molecule has 168 valence electrons. The van der Waals surface area contributed by atoms with E-state index in [1.807, 2.05) is 18.2 Å². The molecule has 0 radical (unpaired) electrons. The van der Waals surface area contributed by atoms with E-state index in [0.29, 0.717) is 5.03 Å². The van der Waals surface area contributed by atoms with Crippen LogP contribution in [-0.2, 0) is 0 Å². The zero-order valence-corrected chi connectivity index (χ0v) is 20.2. The molecule has 5 nitrogen and oxygen atoms in total. The van der Waals surface area contributed by atoms with Gasteiger partial charge >= 0.3 is 0 Å². The van der Waals surface area contributed by atoms with Crippen molar-refractivity contribution >= 4 is 52.4 Å². The molecule has 1 aromatic rings. The summed E-state index contributed by atoms with van der Waals surface area (Å²) in [5, 5.41) is 7.86. The molecule has 0 bridgehead atoms. The maximum Gasteiger partial charge on any atom is 0.0900 e. The molecule has 1 aromatic heterocycles. The Morgan fingerprint density at radius 2 is 1.97 bits per heavy atom. The topological polar surface area (TPSA) is 55.1 Å². The number of halogens is 2. The second-order valence-corrected chi connectivity index (χ2v) is 9.43. The number of allylic oxidation sites excluding steroid dienone is 4. The van der Waals surface area contributed by atoms with Crippen molar-refractivity contribution in [3.05, 3.63) is 68.9 Å². The van der Waals surface area contributed by atoms with Crippen LogP contribution < -0.4 is 21.4 Å². The lowest BCUT2D eigenvalue weighted by molar-refractivity contribution is 0.804. The van der Waals surface area contributed by atoms with Crippen LogP contribution in [0.3, 0.4) is 0 Å². The predicted octanol–water partition coefficient (Wildman–Crippen LogP) is 5.11. The van der Waals surface area contributed by atoms with Gasteiger partial charge in [0.15, 0.2) is 0 Å². The molecule has 4 aliphatic rings. The molecule has 0 amide bonds. The van der Waals surface area contributed by atoms with E-state index in [1.165, 1.54) is 0 Å². The number of hydrogen-bond acceptors (Lipinski definition) is 4. The third kappa shape index (κ3) is 4.48. The lowest BCUT2D eigenvalue weighted by atomic mass is 10.1. The molecule has 3 aliphatic carbocycles. The summed E-state index contributed by atoms with van der Waals surface area (Å²) < 4.78 is 2.25. The number of hydrogen-bond donors (Lipinski definition) is 1. The van der Waals surface area contributed by atoms with E-state index in [9.17, 15) is 0 Å². The average molecular weight is 478 g/mol. The Morgan fingerprint density at radius 1 is 1.12 bits per heavy atom. The van der Waals surface area contributed by atoms with Crippen LogP contribution >= 0.6 is 23.2 Å². The van der Waals surface area contributed by atoms with Gasteiger partial charge in [-0.05, 0) is 69.9 Å². The van der Waals surface area contributed by atoms with E-state index in [-0.39, 0.29) is 6.04 Å². The molecule has 1 N–H and O–H groups in total. The maximum absolute atomic E-state index is 6.73. The van der Waals surface area contributed by atoms with E-state index < -0.39 is 0 Å². The molecule has 0 fully saturated rings. The van der Waals surface area contributed by atoms with Gasteiger partial charge in [0.1, 0.15) is 0 Å². The highest BCUT2D eigenvalue weighted by molar-refractivity contribution is 6.36. The first-order valence-corrected chi connectivity index (χ1v) is 12.0. The highest BCUT2D eigenvalue weighted by atomic mass is 35.5. The van der Waals surface area contributed by atoms with Crippen molar-refractivity contribution in [3.63, 3.8) is 0 Å². The van der Waals surface area contributed by atoms with Crippen LogP contribution in [0.25, 0.3) is 29.2 Å². The van der Waals surface area contributed by atoms with Crippen molar-refractivity contribution in [3.8, 4) is 11.4 Å². The Morgan fingerprint density at radius 3 is 2.73 bits per heavy atom. The normalized spacial score (nSPS) is 16.4. The SMILES string of the molecule is CC(C)N=c1cc2n(C3=C(Cl)C=C(Cl)CC3)c3c(nc-2cc1Nc1cccnc1)=CCCC=3. The van der Waals surface area contributed by atoms with Crippen LogP contribution in [0.4, 0.5) is 11.4 Å². The van der Waals surface area contributed by atoms with Crippen molar-refractivity contribution in [2.24, 2.45) is 4.99 Å². The van der Waals surface area contributed by atoms with Crippen LogP contribution in [0.5, 0.6) is 0 Å². The van der Waals surface area contributed by atoms with Crippen LogP contribution in [-0.4, -0.2) is 20.6 Å². The molecule has 5 rings (SSSR count). The molecule has 2 heterocycles. The molecule has 7 heteroatoms. The van der Waals surface area contributed by atoms with Gasteiger partial charge in [-0.25, -0.2) is 4.98 Å². The summed E-state index contributed by atoms with van der Waals surface area (Å²) in [6, 6.07) is 8.22. The Balaban J connectivity index is 1.83. The summed E-state index contributed by atoms with van der Waals surface area (Å²) in [7, 11) is 0. The first-order chi connectivity index (χ1) is 16.0. The van der Waals surface area contributed by atoms with Crippen LogP contribution in [0.2, 0.25) is 0 Å². The van der Waals surface area contributed by atoms with Gasteiger partial charge in [-0.2, -0.15) is 0 Å². The van der Waals surface area contributed by atoms with Crippen molar-refractivity contribution in [2.45, 2.75) is 45.6 Å². The fourth-order valence-electron chi connectivity index (χ4n) is 4.29. The summed E-state index contributed by atoms with van der Waals surface area (Å²) in [6.07, 6.45) is 13.4. The number of benzene rings is 1. The molecule has 33 heavy (non-hydrogen) atoms. The molecular weight excluding hydrogens is 453 g/mol. The Kier molecular flexibility index (Phi) is 6.09. The van der Waals surface area contributed by atoms with Gasteiger partial charge in [0.25, 0.3) is 0 Å². The fraction of sp³-hybridized carbons (Fsp3) is 0.269. The number of nitrogens with zero attached hydrogens (tertiary/aromatic N) is 4. The minimum atomic E-state index is 0.134. The number of anilines is 2. The average Bonchev–Trinajstić information content (AvgIpc) is 2.79. The molecule has 0 unspecified atom stereocenters. The quantitative estimate of drug-likeness (QED) is 0.567. The number of aromatic nitrogens is 3. The van der Waals surface area contributed by atoms with Gasteiger partial charge in [0, 0.05) is 23.0 Å². The first kappa shape index (κ1) is 21.9. The fourth-order valence-corrected chi connectivity index (χ4v) is 4.86. The van der Waals surface area contributed by atoms with Gasteiger partial charge in [-0.1, -0.05) is 35.4 Å². The number of rotatable bonds is 4. The monoisotopic (exact) mass is 477 g/mol. The second kappa shape index (κ2) is 9.16. The lowest BCUT2D eigenvalue weighted by Crippen LogP contribution is -2.41. The summed E-state index contributed by atoms with van der Waals surface area (Å²) in [5.74, 6) is 0. The molecule has 0 saturated carbocycles. The molecule has 0 spiro atoms. The van der Waals surface area contributed by atoms with Crippen LogP contribution in [0.15, 0.2) is 57.8 Å². The molecule has 1 aliphatic heterocycles. The van der Waals surface area contributed by atoms with Crippen LogP contribution in [0, 0.1) is 0 Å². The third-order valence-electron chi connectivity index (χ3n) is 5.69. The molecule has 0 aromatic carbocycles. The number of pyridine rings is 1. The standard InChI is InChI=1S/C26H25Cl2N5/c1-16(2)30-22-14-26-23(13-21(22)31-18-6-5-11-29-15-18)32-20-7-3-4-8-25(20)33(26)24-10-9-17(27)12-19(24)28/h5-8,11-16,31H,3-4,9-10H2,1-2H3. The Labute approximate surface area is 202 Å². The zero-order chi connectivity index (χ0) is 22.9. The highest BCUT2D eigenvalue weighted by Crippen LogP contribution is 2.33. The van der Waals surface area contributed by atoms with Gasteiger partial charge < -0.3 is 9.88 Å². The first-order valence-electron chi connectivity index (χ1n) is 11.2. The van der Waals surface area contributed by atoms with Crippen molar-refractivity contribution < 1.29 is 0 Å². The van der Waals surface area contributed by atoms with Crippen LogP contribution in [0.1, 0.15) is 39.5 Å². The number of nitrogens with one attached hydrogen (secondary N) is 1. The third-order valence-corrected chi connectivity index (χ3v) is 6.31. The van der Waals surface area contributed by atoms with Gasteiger partial charge in [0.2, 0.25) is 0 Å².